The molecule has 3 aromatic rings. The van der Waals surface area contributed by atoms with Crippen molar-refractivity contribution in [2.24, 2.45) is 5.10 Å². The van der Waals surface area contributed by atoms with E-state index in [0.717, 1.165) is 37.7 Å². The lowest BCUT2D eigenvalue weighted by atomic mass is 9.79. The fourth-order valence-corrected chi connectivity index (χ4v) is 6.47. The van der Waals surface area contributed by atoms with Crippen LogP contribution in [0.5, 0.6) is 5.75 Å². The molecular weight excluding hydrogens is 597 g/mol. The zero-order valence-electron chi connectivity index (χ0n) is 19.3. The molecule has 2 heterocycles. The minimum Gasteiger partial charge on any atom is -0.496 e. The number of fused-ring (bicyclic) bond motifs is 2. The molecule has 0 fully saturated rings. The summed E-state index contributed by atoms with van der Waals surface area (Å²) in [4.78, 5) is 15.0. The van der Waals surface area contributed by atoms with Crippen LogP contribution in [0, 0.1) is 3.57 Å². The van der Waals surface area contributed by atoms with Gasteiger partial charge >= 0.3 is 5.91 Å². The van der Waals surface area contributed by atoms with Gasteiger partial charge in [0.25, 0.3) is 0 Å². The molecule has 0 aliphatic carbocycles. The van der Waals surface area contributed by atoms with Crippen molar-refractivity contribution in [3.8, 4) is 5.75 Å². The molecule has 1 N–H and O–H groups in total. The predicted molar refractivity (Wildman–Crippen MR) is 145 cm³/mol. The van der Waals surface area contributed by atoms with E-state index in [1.165, 1.54) is 11.3 Å². The number of furan rings is 1. The molecule has 6 nitrogen and oxygen atoms in total. The summed E-state index contributed by atoms with van der Waals surface area (Å²) in [6, 6.07) is 9.78. The van der Waals surface area contributed by atoms with Crippen LogP contribution in [0.2, 0.25) is 0 Å². The number of carbonyl (C=O) groups is 1. The number of methoxy groups -OCH3 is 1. The molecule has 8 heteroatoms. The summed E-state index contributed by atoms with van der Waals surface area (Å²) in [5.41, 5.74) is 6.62. The van der Waals surface area contributed by atoms with Crippen LogP contribution in [0.25, 0.3) is 11.0 Å². The van der Waals surface area contributed by atoms with E-state index in [0.29, 0.717) is 11.5 Å². The lowest BCUT2D eigenvalue weighted by Crippen LogP contribution is -2.48. The molecule has 1 aliphatic heterocycles. The second-order valence-electron chi connectivity index (χ2n) is 8.93. The van der Waals surface area contributed by atoms with E-state index in [4.69, 9.17) is 9.15 Å². The van der Waals surface area contributed by atoms with Crippen molar-refractivity contribution < 1.29 is 13.9 Å². The fourth-order valence-electron chi connectivity index (χ4n) is 4.81. The molecule has 0 saturated carbocycles. The number of halogens is 2. The Bertz CT molecular complexity index is 1250. The van der Waals surface area contributed by atoms with E-state index in [1.807, 2.05) is 12.1 Å². The Hall–Kier alpha value is -2.07. The normalized spacial score (nSPS) is 17.4. The molecule has 0 saturated heterocycles. The Labute approximate surface area is 216 Å². The van der Waals surface area contributed by atoms with Crippen LogP contribution in [0.15, 0.2) is 44.3 Å². The lowest BCUT2D eigenvalue weighted by molar-refractivity contribution is 0.0929. The van der Waals surface area contributed by atoms with E-state index in [1.54, 1.807) is 19.4 Å². The summed E-state index contributed by atoms with van der Waals surface area (Å²) in [6.45, 7) is 9.92. The number of nitrogens with one attached hydrogen (secondary N) is 1. The van der Waals surface area contributed by atoms with Crippen molar-refractivity contribution >= 4 is 67.3 Å². The first-order valence-electron chi connectivity index (χ1n) is 10.9. The van der Waals surface area contributed by atoms with E-state index in [2.05, 4.69) is 93.8 Å². The topological polar surface area (TPSA) is 67.1 Å². The summed E-state index contributed by atoms with van der Waals surface area (Å²) >= 11 is 5.66. The van der Waals surface area contributed by atoms with Gasteiger partial charge in [0.2, 0.25) is 0 Å². The maximum absolute atomic E-state index is 12.6. The van der Waals surface area contributed by atoms with Crippen LogP contribution in [-0.2, 0) is 0 Å². The second kappa shape index (κ2) is 9.29. The second-order valence-corrected chi connectivity index (χ2v) is 11.0. The number of benzene rings is 2. The first kappa shape index (κ1) is 24.1. The molecule has 33 heavy (non-hydrogen) atoms. The third kappa shape index (κ3) is 4.64. The van der Waals surface area contributed by atoms with Gasteiger partial charge in [-0.2, -0.15) is 5.10 Å². The number of amides is 1. The molecule has 4 rings (SSSR count). The largest absolute Gasteiger partial charge is 0.496 e. The third-order valence-corrected chi connectivity index (χ3v) is 7.44. The molecule has 0 spiro atoms. The average Bonchev–Trinajstić information content (AvgIpc) is 3.17. The zero-order valence-corrected chi connectivity index (χ0v) is 23.1. The highest BCUT2D eigenvalue weighted by atomic mass is 127. The van der Waals surface area contributed by atoms with Gasteiger partial charge in [0.15, 0.2) is 5.76 Å². The van der Waals surface area contributed by atoms with Gasteiger partial charge in [-0.05, 0) is 85.5 Å². The number of hydrogen-bond donors (Lipinski definition) is 1. The van der Waals surface area contributed by atoms with E-state index >= 15 is 0 Å². The molecule has 1 unspecified atom stereocenters. The average molecular weight is 624 g/mol. The number of ether oxygens (including phenoxy) is 1. The number of carbonyl (C=O) groups excluding carboxylic acids is 1. The maximum Gasteiger partial charge on any atom is 0.307 e. The zero-order chi connectivity index (χ0) is 23.9. The van der Waals surface area contributed by atoms with Gasteiger partial charge in [-0.15, -0.1) is 0 Å². The highest BCUT2D eigenvalue weighted by molar-refractivity contribution is 14.1. The number of nitrogens with zero attached hydrogens (tertiary/aromatic N) is 2. The van der Waals surface area contributed by atoms with Gasteiger partial charge in [-0.1, -0.05) is 22.9 Å². The van der Waals surface area contributed by atoms with Gasteiger partial charge in [0.05, 0.1) is 16.9 Å². The first-order chi connectivity index (χ1) is 15.6. The van der Waals surface area contributed by atoms with Gasteiger partial charge in [-0.3, -0.25) is 4.79 Å². The lowest BCUT2D eigenvalue weighted by Gasteiger charge is -2.47. The number of rotatable bonds is 5. The smallest absolute Gasteiger partial charge is 0.307 e. The van der Waals surface area contributed by atoms with Crippen LogP contribution >= 0.6 is 38.5 Å². The molecule has 174 valence electrons. The molecular formula is C25H27BrIN3O3. The highest BCUT2D eigenvalue weighted by Gasteiger charge is 2.36. The van der Waals surface area contributed by atoms with Crippen LogP contribution in [0.4, 0.5) is 5.69 Å². The molecule has 1 amide bonds. The van der Waals surface area contributed by atoms with Crippen LogP contribution in [-0.4, -0.2) is 31.3 Å². The van der Waals surface area contributed by atoms with E-state index < -0.39 is 5.91 Å². The van der Waals surface area contributed by atoms with Crippen LogP contribution in [0.3, 0.4) is 0 Å². The van der Waals surface area contributed by atoms with Crippen molar-refractivity contribution in [1.82, 2.24) is 5.43 Å². The molecule has 0 bridgehead atoms. The summed E-state index contributed by atoms with van der Waals surface area (Å²) in [5.74, 6) is 0.935. The Morgan fingerprint density at radius 3 is 2.82 bits per heavy atom. The van der Waals surface area contributed by atoms with Gasteiger partial charge < -0.3 is 14.1 Å². The maximum atomic E-state index is 12.6. The summed E-state index contributed by atoms with van der Waals surface area (Å²) in [6.07, 6.45) is 2.69. The predicted octanol–water partition coefficient (Wildman–Crippen LogP) is 6.68. The van der Waals surface area contributed by atoms with Crippen molar-refractivity contribution in [1.29, 1.82) is 0 Å². The summed E-state index contributed by atoms with van der Waals surface area (Å²) in [7, 11) is 1.65. The van der Waals surface area contributed by atoms with Crippen molar-refractivity contribution in [3.05, 3.63) is 55.3 Å². The molecule has 2 aromatic carbocycles. The Balaban J connectivity index is 1.59. The summed E-state index contributed by atoms with van der Waals surface area (Å²) < 4.78 is 13.3. The minimum absolute atomic E-state index is 0.0791. The van der Waals surface area contributed by atoms with Crippen LogP contribution < -0.4 is 15.1 Å². The van der Waals surface area contributed by atoms with Crippen molar-refractivity contribution in [2.75, 3.05) is 18.6 Å². The first-order valence-corrected chi connectivity index (χ1v) is 12.7. The molecule has 1 aromatic heterocycles. The number of anilines is 1. The molecule has 1 atom stereocenters. The van der Waals surface area contributed by atoms with Crippen molar-refractivity contribution in [2.45, 2.75) is 45.6 Å². The third-order valence-electron chi connectivity index (χ3n) is 6.18. The van der Waals surface area contributed by atoms with Crippen molar-refractivity contribution in [3.63, 3.8) is 0 Å². The summed E-state index contributed by atoms with van der Waals surface area (Å²) in [5, 5.41) is 5.05. The Morgan fingerprint density at radius 1 is 1.36 bits per heavy atom. The molecule has 0 radical (unpaired) electrons. The van der Waals surface area contributed by atoms with Crippen LogP contribution in [0.1, 0.15) is 61.7 Å². The van der Waals surface area contributed by atoms with Gasteiger partial charge in [0, 0.05) is 39.3 Å². The quantitative estimate of drug-likeness (QED) is 0.195. The van der Waals surface area contributed by atoms with E-state index in [-0.39, 0.29) is 11.3 Å². The number of hydrogen-bond acceptors (Lipinski definition) is 5. The van der Waals surface area contributed by atoms with E-state index in [9.17, 15) is 4.79 Å². The minimum atomic E-state index is -0.404. The fraction of sp³-hybridized carbons (Fsp3) is 0.360. The number of hydrazone groups is 1. The SMILES string of the molecule is CCN1c2cc(OC)c(/C=N\NC(=O)c3cc4cc(Br)cc(I)c4o3)cc2C(C)CC1(C)C. The Kier molecular flexibility index (Phi) is 6.77. The van der Waals surface area contributed by atoms with Gasteiger partial charge in [-0.25, -0.2) is 5.43 Å². The Morgan fingerprint density at radius 2 is 2.12 bits per heavy atom. The van der Waals surface area contributed by atoms with Gasteiger partial charge in [0.1, 0.15) is 11.3 Å². The standard InChI is InChI=1S/C25H27BrIN3O3/c1-6-30-20-11-21(32-5)16(8-18(20)14(2)12-25(30,3)4)13-28-29-24(31)22-9-15-7-17(26)10-19(27)23(15)33-22/h7-11,13-14H,6,12H2,1-5H3,(H,29,31)/b28-13-. The highest BCUT2D eigenvalue weighted by Crippen LogP contribution is 2.45. The monoisotopic (exact) mass is 623 g/mol. The molecule has 1 aliphatic rings.